The molecule has 0 aromatic heterocycles. The molecule has 0 N–H and O–H groups in total. The summed E-state index contributed by atoms with van der Waals surface area (Å²) in [5, 5.41) is 0. The average molecular weight is 315 g/mol. The number of sulfonamides is 1. The van der Waals surface area contributed by atoms with Crippen LogP contribution in [0.5, 0.6) is 0 Å². The van der Waals surface area contributed by atoms with E-state index in [9.17, 15) is 12.8 Å². The first-order valence-corrected chi connectivity index (χ1v) is 8.50. The zero-order valence-corrected chi connectivity index (χ0v) is 12.4. The van der Waals surface area contributed by atoms with Crippen molar-refractivity contribution in [2.45, 2.75) is 24.0 Å². The molecule has 0 saturated carbocycles. The van der Waals surface area contributed by atoms with E-state index in [1.165, 1.54) is 16.4 Å². The van der Waals surface area contributed by atoms with Crippen LogP contribution in [0.15, 0.2) is 29.2 Å². The van der Waals surface area contributed by atoms with Crippen molar-refractivity contribution in [1.82, 2.24) is 4.31 Å². The first kappa shape index (κ1) is 14.9. The minimum atomic E-state index is -3.59. The van der Waals surface area contributed by atoms with Crippen molar-refractivity contribution in [3.05, 3.63) is 30.1 Å². The second-order valence-corrected chi connectivity index (χ2v) is 7.27. The molecule has 0 amide bonds. The number of piperidine rings is 1. The van der Waals surface area contributed by atoms with Crippen molar-refractivity contribution < 1.29 is 22.3 Å². The number of ether oxygens (including phenoxy) is 2. The van der Waals surface area contributed by atoms with Gasteiger partial charge in [0.1, 0.15) is 5.82 Å². The maximum Gasteiger partial charge on any atom is 0.243 e. The lowest BCUT2D eigenvalue weighted by molar-refractivity contribution is -0.0940. The smallest absolute Gasteiger partial charge is 0.243 e. The van der Waals surface area contributed by atoms with Gasteiger partial charge in [0.25, 0.3) is 0 Å². The van der Waals surface area contributed by atoms with E-state index in [-0.39, 0.29) is 17.1 Å². The zero-order chi connectivity index (χ0) is 14.9. The van der Waals surface area contributed by atoms with Crippen LogP contribution < -0.4 is 0 Å². The third-order valence-electron chi connectivity index (χ3n) is 3.90. The first-order chi connectivity index (χ1) is 10.1. The van der Waals surface area contributed by atoms with Crippen LogP contribution in [-0.4, -0.2) is 45.3 Å². The Hall–Kier alpha value is -1.02. The molecular weight excluding hydrogens is 297 g/mol. The van der Waals surface area contributed by atoms with E-state index in [1.54, 1.807) is 0 Å². The molecule has 2 fully saturated rings. The van der Waals surface area contributed by atoms with Gasteiger partial charge in [-0.15, -0.1) is 0 Å². The summed E-state index contributed by atoms with van der Waals surface area (Å²) in [6, 6.07) is 4.93. The number of benzene rings is 1. The van der Waals surface area contributed by atoms with Crippen LogP contribution in [0.2, 0.25) is 0 Å². The van der Waals surface area contributed by atoms with Crippen LogP contribution in [0.25, 0.3) is 0 Å². The summed E-state index contributed by atoms with van der Waals surface area (Å²) in [6.07, 6.45) is 1.35. The number of nitrogens with zero attached hydrogens (tertiary/aromatic N) is 1. The standard InChI is InChI=1S/C14H18FNO4S/c15-12-3-5-13(6-4-12)21(17,18)16-7-1-2-11(10-16)14-19-8-9-20-14/h3-6,11,14H,1-2,7-10H2. The predicted octanol–water partition coefficient (Wildman–Crippen LogP) is 1.60. The summed E-state index contributed by atoms with van der Waals surface area (Å²) < 4.78 is 50.5. The highest BCUT2D eigenvalue weighted by Gasteiger charge is 2.36. The SMILES string of the molecule is O=S(=O)(c1ccc(F)cc1)N1CCCC(C2OCCO2)C1. The topological polar surface area (TPSA) is 55.8 Å². The van der Waals surface area contributed by atoms with Crippen LogP contribution in [0, 0.1) is 11.7 Å². The monoisotopic (exact) mass is 315 g/mol. The molecule has 21 heavy (non-hydrogen) atoms. The minimum absolute atomic E-state index is 0.0523. The van der Waals surface area contributed by atoms with E-state index in [1.807, 2.05) is 0 Å². The van der Waals surface area contributed by atoms with E-state index in [2.05, 4.69) is 0 Å². The van der Waals surface area contributed by atoms with Crippen LogP contribution in [0.3, 0.4) is 0 Å². The van der Waals surface area contributed by atoms with E-state index >= 15 is 0 Å². The molecule has 1 atom stereocenters. The lowest BCUT2D eigenvalue weighted by atomic mass is 9.99. The molecule has 0 bridgehead atoms. The minimum Gasteiger partial charge on any atom is -0.350 e. The predicted molar refractivity (Wildman–Crippen MR) is 73.6 cm³/mol. The Morgan fingerprint density at radius 2 is 1.81 bits per heavy atom. The molecule has 0 aliphatic carbocycles. The highest BCUT2D eigenvalue weighted by molar-refractivity contribution is 7.89. The zero-order valence-electron chi connectivity index (χ0n) is 11.6. The molecule has 2 aliphatic rings. The molecule has 0 spiro atoms. The molecule has 1 aromatic rings. The highest BCUT2D eigenvalue weighted by Crippen LogP contribution is 2.28. The lowest BCUT2D eigenvalue weighted by Crippen LogP contribution is -2.43. The van der Waals surface area contributed by atoms with Gasteiger partial charge in [0.2, 0.25) is 10.0 Å². The third-order valence-corrected chi connectivity index (χ3v) is 5.78. The van der Waals surface area contributed by atoms with Gasteiger partial charge in [-0.2, -0.15) is 4.31 Å². The second-order valence-electron chi connectivity index (χ2n) is 5.33. The molecule has 1 unspecified atom stereocenters. The van der Waals surface area contributed by atoms with E-state index in [0.29, 0.717) is 26.3 Å². The van der Waals surface area contributed by atoms with Crippen LogP contribution >= 0.6 is 0 Å². The van der Waals surface area contributed by atoms with Gasteiger partial charge in [-0.25, -0.2) is 12.8 Å². The Kier molecular flexibility index (Phi) is 4.26. The Bertz CT molecular complexity index is 583. The van der Waals surface area contributed by atoms with Gasteiger partial charge >= 0.3 is 0 Å². The van der Waals surface area contributed by atoms with Gasteiger partial charge in [-0.3, -0.25) is 0 Å². The average Bonchev–Trinajstić information content (AvgIpc) is 3.02. The number of hydrogen-bond donors (Lipinski definition) is 0. The summed E-state index contributed by atoms with van der Waals surface area (Å²) >= 11 is 0. The molecule has 7 heteroatoms. The Morgan fingerprint density at radius 1 is 1.14 bits per heavy atom. The van der Waals surface area contributed by atoms with Crippen molar-refractivity contribution in [2.75, 3.05) is 26.3 Å². The van der Waals surface area contributed by atoms with Crippen molar-refractivity contribution in [3.8, 4) is 0 Å². The number of rotatable bonds is 3. The quantitative estimate of drug-likeness (QED) is 0.850. The summed E-state index contributed by atoms with van der Waals surface area (Å²) in [7, 11) is -3.59. The fraction of sp³-hybridized carbons (Fsp3) is 0.571. The lowest BCUT2D eigenvalue weighted by Gasteiger charge is -2.33. The molecule has 2 heterocycles. The largest absolute Gasteiger partial charge is 0.350 e. The first-order valence-electron chi connectivity index (χ1n) is 7.06. The Balaban J connectivity index is 1.76. The van der Waals surface area contributed by atoms with Crippen molar-refractivity contribution in [1.29, 1.82) is 0 Å². The molecule has 2 aliphatic heterocycles. The summed E-state index contributed by atoms with van der Waals surface area (Å²) in [5.74, 6) is -0.394. The van der Waals surface area contributed by atoms with Gasteiger partial charge in [-0.1, -0.05) is 0 Å². The molecule has 5 nitrogen and oxygen atoms in total. The van der Waals surface area contributed by atoms with Crippen molar-refractivity contribution in [3.63, 3.8) is 0 Å². The van der Waals surface area contributed by atoms with E-state index in [0.717, 1.165) is 25.0 Å². The normalized spacial score (nSPS) is 25.3. The fourth-order valence-corrected chi connectivity index (χ4v) is 4.35. The highest BCUT2D eigenvalue weighted by atomic mass is 32.2. The molecular formula is C14H18FNO4S. The summed E-state index contributed by atoms with van der Waals surface area (Å²) in [6.45, 7) is 1.98. The third kappa shape index (κ3) is 3.11. The van der Waals surface area contributed by atoms with Gasteiger partial charge in [0.05, 0.1) is 18.1 Å². The van der Waals surface area contributed by atoms with Gasteiger partial charge < -0.3 is 9.47 Å². The van der Waals surface area contributed by atoms with Crippen LogP contribution in [0.1, 0.15) is 12.8 Å². The molecule has 1 aromatic carbocycles. The summed E-state index contributed by atoms with van der Waals surface area (Å²) in [4.78, 5) is 0.123. The summed E-state index contributed by atoms with van der Waals surface area (Å²) in [5.41, 5.74) is 0. The van der Waals surface area contributed by atoms with Crippen LogP contribution in [-0.2, 0) is 19.5 Å². The number of halogens is 1. The van der Waals surface area contributed by atoms with Gasteiger partial charge in [0, 0.05) is 19.0 Å². The van der Waals surface area contributed by atoms with E-state index in [4.69, 9.17) is 9.47 Å². The fourth-order valence-electron chi connectivity index (χ4n) is 2.82. The number of hydrogen-bond acceptors (Lipinski definition) is 4. The van der Waals surface area contributed by atoms with Crippen LogP contribution in [0.4, 0.5) is 4.39 Å². The molecule has 3 rings (SSSR count). The van der Waals surface area contributed by atoms with Gasteiger partial charge in [0.15, 0.2) is 6.29 Å². The molecule has 2 saturated heterocycles. The van der Waals surface area contributed by atoms with Crippen molar-refractivity contribution >= 4 is 10.0 Å². The Labute approximate surface area is 123 Å². The van der Waals surface area contributed by atoms with Gasteiger partial charge in [-0.05, 0) is 37.1 Å². The molecule has 0 radical (unpaired) electrons. The second kappa shape index (κ2) is 6.00. The van der Waals surface area contributed by atoms with E-state index < -0.39 is 15.8 Å². The maximum atomic E-state index is 12.9. The van der Waals surface area contributed by atoms with Crippen molar-refractivity contribution in [2.24, 2.45) is 5.92 Å². The maximum absolute atomic E-state index is 12.9. The Morgan fingerprint density at radius 3 is 2.48 bits per heavy atom. The molecule has 116 valence electrons.